The average molecular weight is 238 g/mol. The van der Waals surface area contributed by atoms with Crippen LogP contribution in [0.2, 0.25) is 0 Å². The molecule has 54 valence electrons. The highest BCUT2D eigenvalue weighted by atomic mass is 127. The summed E-state index contributed by atoms with van der Waals surface area (Å²) in [4.78, 5) is 0. The van der Waals surface area contributed by atoms with Gasteiger partial charge < -0.3 is 0 Å². The molecule has 1 atom stereocenters. The third-order valence-corrected chi connectivity index (χ3v) is 4.20. The van der Waals surface area contributed by atoms with E-state index in [9.17, 15) is 0 Å². The average Bonchev–Trinajstić information content (AvgIpc) is 2.37. The van der Waals surface area contributed by atoms with Gasteiger partial charge in [-0.2, -0.15) is 0 Å². The molecule has 0 aromatic rings. The normalized spacial score (nSPS) is 24.7. The summed E-state index contributed by atoms with van der Waals surface area (Å²) in [5, 5.41) is 0. The van der Waals surface area contributed by atoms with Crippen molar-refractivity contribution < 1.29 is 0 Å². The van der Waals surface area contributed by atoms with Crippen molar-refractivity contribution in [3.63, 3.8) is 0 Å². The molecule has 0 aliphatic heterocycles. The second-order valence-electron chi connectivity index (χ2n) is 2.97. The fourth-order valence-corrected chi connectivity index (χ4v) is 2.37. The molecule has 0 nitrogen and oxygen atoms in total. The van der Waals surface area contributed by atoms with Crippen LogP contribution in [0.1, 0.15) is 39.0 Å². The maximum absolute atomic E-state index is 2.61. The van der Waals surface area contributed by atoms with E-state index in [1.165, 1.54) is 32.1 Å². The van der Waals surface area contributed by atoms with Gasteiger partial charge in [-0.15, -0.1) is 0 Å². The smallest absolute Gasteiger partial charge is 0.0135 e. The minimum atomic E-state index is 0.963. The van der Waals surface area contributed by atoms with Crippen LogP contribution in [0.4, 0.5) is 0 Å². The van der Waals surface area contributed by atoms with Crippen LogP contribution in [0.5, 0.6) is 0 Å². The molecule has 1 saturated carbocycles. The molecule has 1 aliphatic rings. The lowest BCUT2D eigenvalue weighted by atomic mass is 10.0. The van der Waals surface area contributed by atoms with E-state index in [1.54, 1.807) is 0 Å². The molecular weight excluding hydrogens is 223 g/mol. The molecule has 0 heterocycles. The monoisotopic (exact) mass is 238 g/mol. The maximum Gasteiger partial charge on any atom is 0.0135 e. The summed E-state index contributed by atoms with van der Waals surface area (Å²) in [6, 6.07) is 0. The molecule has 0 amide bonds. The van der Waals surface area contributed by atoms with Crippen molar-refractivity contribution in [2.75, 3.05) is 0 Å². The maximum atomic E-state index is 2.61. The Hall–Kier alpha value is 0.730. The first-order valence-corrected chi connectivity index (χ1v) is 5.23. The molecule has 0 N–H and O–H groups in total. The zero-order chi connectivity index (χ0) is 6.69. The van der Waals surface area contributed by atoms with E-state index in [-0.39, 0.29) is 0 Å². The predicted molar refractivity (Wildman–Crippen MR) is 50.1 cm³/mol. The predicted octanol–water partition coefficient (Wildman–Crippen LogP) is 3.39. The molecule has 0 aromatic heterocycles. The number of rotatable bonds is 2. The van der Waals surface area contributed by atoms with Crippen LogP contribution in [0.3, 0.4) is 0 Å². The van der Waals surface area contributed by atoms with E-state index in [2.05, 4.69) is 29.5 Å². The standard InChI is InChI=1S/C8H15I/c1-2-8(9)7-5-3-4-6-7/h7-8H,2-6H2,1H3. The molecule has 1 heteroatoms. The van der Waals surface area contributed by atoms with Crippen molar-refractivity contribution in [1.82, 2.24) is 0 Å². The van der Waals surface area contributed by atoms with Gasteiger partial charge in [0.25, 0.3) is 0 Å². The highest BCUT2D eigenvalue weighted by Gasteiger charge is 2.20. The van der Waals surface area contributed by atoms with Crippen LogP contribution in [0.25, 0.3) is 0 Å². The van der Waals surface area contributed by atoms with Crippen molar-refractivity contribution in [2.45, 2.75) is 43.0 Å². The third-order valence-electron chi connectivity index (χ3n) is 2.30. The molecule has 1 fully saturated rings. The molecule has 0 saturated heterocycles. The van der Waals surface area contributed by atoms with E-state index in [4.69, 9.17) is 0 Å². The zero-order valence-corrected chi connectivity index (χ0v) is 8.23. The van der Waals surface area contributed by atoms with Gasteiger partial charge in [0.05, 0.1) is 0 Å². The fourth-order valence-electron chi connectivity index (χ4n) is 1.65. The summed E-state index contributed by atoms with van der Waals surface area (Å²) in [6.07, 6.45) is 7.35. The summed E-state index contributed by atoms with van der Waals surface area (Å²) in [5.74, 6) is 1.07. The van der Waals surface area contributed by atoms with Gasteiger partial charge >= 0.3 is 0 Å². The summed E-state index contributed by atoms with van der Waals surface area (Å²) >= 11 is 2.61. The number of hydrogen-bond acceptors (Lipinski definition) is 0. The van der Waals surface area contributed by atoms with Crippen molar-refractivity contribution >= 4 is 22.6 Å². The summed E-state index contributed by atoms with van der Waals surface area (Å²) in [7, 11) is 0. The third kappa shape index (κ3) is 2.10. The second kappa shape index (κ2) is 3.79. The van der Waals surface area contributed by atoms with Gasteiger partial charge in [0.15, 0.2) is 0 Å². The summed E-state index contributed by atoms with van der Waals surface area (Å²) < 4.78 is 0.963. The van der Waals surface area contributed by atoms with Gasteiger partial charge in [0, 0.05) is 3.92 Å². The van der Waals surface area contributed by atoms with Crippen LogP contribution >= 0.6 is 22.6 Å². The molecule has 1 rings (SSSR count). The first-order valence-electron chi connectivity index (χ1n) is 3.98. The Morgan fingerprint density at radius 3 is 2.44 bits per heavy atom. The number of halogens is 1. The van der Waals surface area contributed by atoms with E-state index in [1.807, 2.05) is 0 Å². The molecule has 0 spiro atoms. The minimum Gasteiger partial charge on any atom is -0.0823 e. The first-order chi connectivity index (χ1) is 4.34. The fraction of sp³-hybridized carbons (Fsp3) is 1.00. The van der Waals surface area contributed by atoms with Gasteiger partial charge in [0.1, 0.15) is 0 Å². The lowest BCUT2D eigenvalue weighted by molar-refractivity contribution is 0.527. The quantitative estimate of drug-likeness (QED) is 0.511. The largest absolute Gasteiger partial charge is 0.0823 e. The van der Waals surface area contributed by atoms with Crippen molar-refractivity contribution in [2.24, 2.45) is 5.92 Å². The van der Waals surface area contributed by atoms with Gasteiger partial charge in [-0.3, -0.25) is 0 Å². The van der Waals surface area contributed by atoms with E-state index in [0.717, 1.165) is 9.84 Å². The Balaban J connectivity index is 2.24. The lowest BCUT2D eigenvalue weighted by Gasteiger charge is -2.13. The summed E-state index contributed by atoms with van der Waals surface area (Å²) in [5.41, 5.74) is 0. The van der Waals surface area contributed by atoms with E-state index >= 15 is 0 Å². The van der Waals surface area contributed by atoms with E-state index < -0.39 is 0 Å². The van der Waals surface area contributed by atoms with Crippen molar-refractivity contribution in [3.05, 3.63) is 0 Å². The van der Waals surface area contributed by atoms with Crippen LogP contribution in [0, 0.1) is 5.92 Å². The Kier molecular flexibility index (Phi) is 3.30. The number of alkyl halides is 1. The minimum absolute atomic E-state index is 0.963. The van der Waals surface area contributed by atoms with Crippen molar-refractivity contribution in [1.29, 1.82) is 0 Å². The molecule has 0 radical (unpaired) electrons. The SMILES string of the molecule is CCC(I)C1CCCC1. The molecule has 0 aromatic carbocycles. The van der Waals surface area contributed by atoms with Crippen LogP contribution in [-0.4, -0.2) is 3.92 Å². The molecule has 9 heavy (non-hydrogen) atoms. The topological polar surface area (TPSA) is 0 Å². The molecule has 1 unspecified atom stereocenters. The van der Waals surface area contributed by atoms with Gasteiger partial charge in [0.2, 0.25) is 0 Å². The molecule has 1 aliphatic carbocycles. The first kappa shape index (κ1) is 7.83. The highest BCUT2D eigenvalue weighted by Crippen LogP contribution is 2.32. The molecular formula is C8H15I. The Bertz CT molecular complexity index is 74.6. The Morgan fingerprint density at radius 2 is 2.00 bits per heavy atom. The van der Waals surface area contributed by atoms with Crippen molar-refractivity contribution in [3.8, 4) is 0 Å². The number of hydrogen-bond donors (Lipinski definition) is 0. The van der Waals surface area contributed by atoms with Crippen LogP contribution in [0.15, 0.2) is 0 Å². The Labute approximate surface area is 71.5 Å². The van der Waals surface area contributed by atoms with Crippen LogP contribution < -0.4 is 0 Å². The van der Waals surface area contributed by atoms with Gasteiger partial charge in [-0.1, -0.05) is 42.4 Å². The second-order valence-corrected chi connectivity index (χ2v) is 4.57. The summed E-state index contributed by atoms with van der Waals surface area (Å²) in [6.45, 7) is 2.30. The zero-order valence-electron chi connectivity index (χ0n) is 6.07. The van der Waals surface area contributed by atoms with Crippen LogP contribution in [-0.2, 0) is 0 Å². The lowest BCUT2D eigenvalue weighted by Crippen LogP contribution is -2.08. The van der Waals surface area contributed by atoms with Gasteiger partial charge in [-0.05, 0) is 25.2 Å². The van der Waals surface area contributed by atoms with E-state index in [0.29, 0.717) is 0 Å². The molecule has 0 bridgehead atoms. The van der Waals surface area contributed by atoms with Gasteiger partial charge in [-0.25, -0.2) is 0 Å². The highest BCUT2D eigenvalue weighted by molar-refractivity contribution is 14.1. The Morgan fingerprint density at radius 1 is 1.44 bits per heavy atom.